The highest BCUT2D eigenvalue weighted by Crippen LogP contribution is 2.36. The third-order valence-electron chi connectivity index (χ3n) is 4.20. The SMILES string of the molecule is O=C(Cc1ccccc1Br)NCC1(C(=O)O)CCCCC1. The van der Waals surface area contributed by atoms with Gasteiger partial charge in [-0.05, 0) is 24.5 Å². The summed E-state index contributed by atoms with van der Waals surface area (Å²) < 4.78 is 0.894. The topological polar surface area (TPSA) is 66.4 Å². The largest absolute Gasteiger partial charge is 0.481 e. The summed E-state index contributed by atoms with van der Waals surface area (Å²) in [5.74, 6) is -0.920. The molecule has 1 fully saturated rings. The number of carboxylic acid groups (broad SMARTS) is 1. The molecule has 0 saturated heterocycles. The first-order valence-corrected chi connectivity index (χ1v) is 8.06. The Morgan fingerprint density at radius 1 is 1.19 bits per heavy atom. The summed E-state index contributed by atoms with van der Waals surface area (Å²) in [7, 11) is 0. The number of carbonyl (C=O) groups is 2. The highest BCUT2D eigenvalue weighted by Gasteiger charge is 2.39. The molecule has 1 saturated carbocycles. The minimum atomic E-state index is -0.789. The van der Waals surface area contributed by atoms with Crippen LogP contribution in [0.2, 0.25) is 0 Å². The van der Waals surface area contributed by atoms with Crippen LogP contribution in [0.1, 0.15) is 37.7 Å². The Hall–Kier alpha value is -1.36. The number of carbonyl (C=O) groups excluding carboxylic acids is 1. The first-order valence-electron chi connectivity index (χ1n) is 7.27. The number of halogens is 1. The second-order valence-corrected chi connectivity index (χ2v) is 6.55. The molecular formula is C16H20BrNO3. The van der Waals surface area contributed by atoms with E-state index < -0.39 is 11.4 Å². The van der Waals surface area contributed by atoms with Gasteiger partial charge in [-0.25, -0.2) is 0 Å². The zero-order chi connectivity index (χ0) is 15.3. The molecule has 0 atom stereocenters. The third-order valence-corrected chi connectivity index (χ3v) is 4.97. The first kappa shape index (κ1) is 16.0. The minimum absolute atomic E-state index is 0.131. The second kappa shape index (κ2) is 7.07. The molecule has 0 spiro atoms. The smallest absolute Gasteiger partial charge is 0.311 e. The fourth-order valence-electron chi connectivity index (χ4n) is 2.84. The van der Waals surface area contributed by atoms with Gasteiger partial charge in [0.15, 0.2) is 0 Å². The molecular weight excluding hydrogens is 334 g/mol. The van der Waals surface area contributed by atoms with E-state index in [1.807, 2.05) is 24.3 Å². The van der Waals surface area contributed by atoms with E-state index in [-0.39, 0.29) is 18.9 Å². The Kier molecular flexibility index (Phi) is 5.39. The number of hydrogen-bond acceptors (Lipinski definition) is 2. The maximum Gasteiger partial charge on any atom is 0.311 e. The van der Waals surface area contributed by atoms with Crippen LogP contribution in [0, 0.1) is 5.41 Å². The van der Waals surface area contributed by atoms with Crippen molar-refractivity contribution in [3.8, 4) is 0 Å². The summed E-state index contributed by atoms with van der Waals surface area (Å²) in [5, 5.41) is 12.3. The molecule has 0 bridgehead atoms. The maximum absolute atomic E-state index is 12.0. The Balaban J connectivity index is 1.93. The van der Waals surface area contributed by atoms with Gasteiger partial charge in [0.25, 0.3) is 0 Å². The number of carboxylic acids is 1. The highest BCUT2D eigenvalue weighted by molar-refractivity contribution is 9.10. The molecule has 1 aliphatic rings. The van der Waals surface area contributed by atoms with E-state index in [2.05, 4.69) is 21.2 Å². The molecule has 0 aliphatic heterocycles. The summed E-state index contributed by atoms with van der Waals surface area (Å²) in [4.78, 5) is 23.6. The van der Waals surface area contributed by atoms with E-state index in [4.69, 9.17) is 0 Å². The van der Waals surface area contributed by atoms with E-state index in [1.54, 1.807) is 0 Å². The van der Waals surface area contributed by atoms with Crippen molar-refractivity contribution in [3.63, 3.8) is 0 Å². The number of rotatable bonds is 5. The predicted octanol–water partition coefficient (Wildman–Crippen LogP) is 3.14. The van der Waals surface area contributed by atoms with Gasteiger partial charge < -0.3 is 10.4 Å². The monoisotopic (exact) mass is 353 g/mol. The lowest BCUT2D eigenvalue weighted by Gasteiger charge is -2.33. The summed E-state index contributed by atoms with van der Waals surface area (Å²) >= 11 is 3.41. The van der Waals surface area contributed by atoms with Crippen LogP contribution in [0.4, 0.5) is 0 Å². The van der Waals surface area contributed by atoms with Gasteiger partial charge >= 0.3 is 5.97 Å². The summed E-state index contributed by atoms with van der Waals surface area (Å²) in [5.41, 5.74) is 0.130. The lowest BCUT2D eigenvalue weighted by Crippen LogP contribution is -2.44. The average Bonchev–Trinajstić information content (AvgIpc) is 2.48. The molecule has 1 amide bonds. The second-order valence-electron chi connectivity index (χ2n) is 5.69. The molecule has 0 heterocycles. The Labute approximate surface area is 133 Å². The van der Waals surface area contributed by atoms with Crippen LogP contribution in [-0.2, 0) is 16.0 Å². The molecule has 1 aromatic rings. The van der Waals surface area contributed by atoms with E-state index in [0.29, 0.717) is 12.8 Å². The van der Waals surface area contributed by atoms with Gasteiger partial charge in [-0.1, -0.05) is 53.4 Å². The Morgan fingerprint density at radius 3 is 2.48 bits per heavy atom. The van der Waals surface area contributed by atoms with E-state index in [9.17, 15) is 14.7 Å². The molecule has 5 heteroatoms. The fourth-order valence-corrected chi connectivity index (χ4v) is 3.26. The van der Waals surface area contributed by atoms with E-state index in [0.717, 1.165) is 29.3 Å². The van der Waals surface area contributed by atoms with Crippen LogP contribution in [0.5, 0.6) is 0 Å². The van der Waals surface area contributed by atoms with Crippen molar-refractivity contribution in [3.05, 3.63) is 34.3 Å². The van der Waals surface area contributed by atoms with Crippen molar-refractivity contribution >= 4 is 27.8 Å². The zero-order valence-electron chi connectivity index (χ0n) is 11.9. The molecule has 114 valence electrons. The number of benzene rings is 1. The fraction of sp³-hybridized carbons (Fsp3) is 0.500. The molecule has 21 heavy (non-hydrogen) atoms. The molecule has 0 aromatic heterocycles. The van der Waals surface area contributed by atoms with Gasteiger partial charge in [0.1, 0.15) is 0 Å². The van der Waals surface area contributed by atoms with Crippen LogP contribution in [0.25, 0.3) is 0 Å². The summed E-state index contributed by atoms with van der Waals surface area (Å²) in [6, 6.07) is 7.56. The third kappa shape index (κ3) is 4.06. The van der Waals surface area contributed by atoms with Gasteiger partial charge in [0, 0.05) is 11.0 Å². The minimum Gasteiger partial charge on any atom is -0.481 e. The van der Waals surface area contributed by atoms with Crippen molar-refractivity contribution in [2.45, 2.75) is 38.5 Å². The van der Waals surface area contributed by atoms with Crippen LogP contribution in [0.3, 0.4) is 0 Å². The zero-order valence-corrected chi connectivity index (χ0v) is 13.5. The van der Waals surface area contributed by atoms with Crippen molar-refractivity contribution in [1.29, 1.82) is 0 Å². The predicted molar refractivity (Wildman–Crippen MR) is 84.0 cm³/mol. The van der Waals surface area contributed by atoms with Gasteiger partial charge in [0.05, 0.1) is 11.8 Å². The molecule has 2 rings (SSSR count). The van der Waals surface area contributed by atoms with Crippen LogP contribution in [-0.4, -0.2) is 23.5 Å². The van der Waals surface area contributed by atoms with Crippen LogP contribution < -0.4 is 5.32 Å². The van der Waals surface area contributed by atoms with Crippen molar-refractivity contribution < 1.29 is 14.7 Å². The van der Waals surface area contributed by atoms with Crippen molar-refractivity contribution in [1.82, 2.24) is 5.32 Å². The van der Waals surface area contributed by atoms with Gasteiger partial charge in [-0.2, -0.15) is 0 Å². The van der Waals surface area contributed by atoms with Gasteiger partial charge in [-0.3, -0.25) is 9.59 Å². The van der Waals surface area contributed by atoms with Gasteiger partial charge in [-0.15, -0.1) is 0 Å². The van der Waals surface area contributed by atoms with E-state index in [1.165, 1.54) is 0 Å². The first-order chi connectivity index (χ1) is 10.0. The molecule has 2 N–H and O–H groups in total. The quantitative estimate of drug-likeness (QED) is 0.854. The lowest BCUT2D eigenvalue weighted by atomic mass is 9.74. The van der Waals surface area contributed by atoms with Crippen LogP contribution in [0.15, 0.2) is 28.7 Å². The number of nitrogens with one attached hydrogen (secondary N) is 1. The maximum atomic E-state index is 12.0. The highest BCUT2D eigenvalue weighted by atomic mass is 79.9. The van der Waals surface area contributed by atoms with Crippen LogP contribution >= 0.6 is 15.9 Å². The number of hydrogen-bond donors (Lipinski definition) is 2. The van der Waals surface area contributed by atoms with Crippen molar-refractivity contribution in [2.75, 3.05) is 6.54 Å². The standard InChI is InChI=1S/C16H20BrNO3/c17-13-7-3-2-6-12(13)10-14(19)18-11-16(15(20)21)8-4-1-5-9-16/h2-3,6-7H,1,4-5,8-11H2,(H,18,19)(H,20,21). The van der Waals surface area contributed by atoms with E-state index >= 15 is 0 Å². The average molecular weight is 354 g/mol. The molecule has 1 aromatic carbocycles. The van der Waals surface area contributed by atoms with Crippen molar-refractivity contribution in [2.24, 2.45) is 5.41 Å². The lowest BCUT2D eigenvalue weighted by molar-refractivity contribution is -0.151. The number of amides is 1. The normalized spacial score (nSPS) is 17.2. The number of aliphatic carboxylic acids is 1. The molecule has 1 aliphatic carbocycles. The molecule has 0 unspecified atom stereocenters. The summed E-state index contributed by atoms with van der Waals surface area (Å²) in [6.45, 7) is 0.228. The van der Waals surface area contributed by atoms with Gasteiger partial charge in [0.2, 0.25) is 5.91 Å². The molecule has 0 radical (unpaired) electrons. The Morgan fingerprint density at radius 2 is 1.86 bits per heavy atom. The molecule has 4 nitrogen and oxygen atoms in total. The summed E-state index contributed by atoms with van der Waals surface area (Å²) in [6.07, 6.45) is 4.49. The Bertz CT molecular complexity index is 524.